The van der Waals surface area contributed by atoms with Gasteiger partial charge in [0, 0.05) is 24.9 Å². The Bertz CT molecular complexity index is 482. The van der Waals surface area contributed by atoms with Crippen molar-refractivity contribution >= 4 is 0 Å². The number of allylic oxidation sites excluding steroid dienone is 5. The van der Waals surface area contributed by atoms with Crippen molar-refractivity contribution in [2.45, 2.75) is 26.3 Å². The van der Waals surface area contributed by atoms with Crippen LogP contribution in [-0.2, 0) is 4.74 Å². The van der Waals surface area contributed by atoms with Crippen molar-refractivity contribution in [1.82, 2.24) is 14.9 Å². The molecule has 0 aliphatic heterocycles. The van der Waals surface area contributed by atoms with Gasteiger partial charge in [0.15, 0.2) is 0 Å². The van der Waals surface area contributed by atoms with E-state index in [2.05, 4.69) is 46.9 Å². The molecule has 1 N–H and O–H groups in total. The second-order valence-electron chi connectivity index (χ2n) is 4.93. The zero-order valence-corrected chi connectivity index (χ0v) is 13.1. The molecule has 1 aromatic rings. The van der Waals surface area contributed by atoms with E-state index in [9.17, 15) is 0 Å². The third kappa shape index (κ3) is 4.70. The van der Waals surface area contributed by atoms with Gasteiger partial charge in [-0.2, -0.15) is 0 Å². The van der Waals surface area contributed by atoms with Crippen LogP contribution < -0.4 is 5.32 Å². The lowest BCUT2D eigenvalue weighted by Gasteiger charge is -2.02. The predicted molar refractivity (Wildman–Crippen MR) is 83.5 cm³/mol. The number of imidazole rings is 1. The summed E-state index contributed by atoms with van der Waals surface area (Å²) in [5.74, 6) is 1.05. The van der Waals surface area contributed by atoms with Gasteiger partial charge in [-0.3, -0.25) is 0 Å². The first-order valence-corrected chi connectivity index (χ1v) is 6.84. The van der Waals surface area contributed by atoms with Crippen LogP contribution in [0.1, 0.15) is 26.3 Å². The molecule has 1 aromatic heterocycles. The third-order valence-corrected chi connectivity index (χ3v) is 2.87. The summed E-state index contributed by atoms with van der Waals surface area (Å²) < 4.78 is 7.15. The summed E-state index contributed by atoms with van der Waals surface area (Å²) in [6.45, 7) is 4.25. The Labute approximate surface area is 121 Å². The van der Waals surface area contributed by atoms with Crippen LogP contribution in [0.2, 0.25) is 0 Å². The number of aromatic nitrogens is 2. The first-order valence-electron chi connectivity index (χ1n) is 6.84. The number of hydrogen-bond donors (Lipinski definition) is 1. The molecule has 0 spiro atoms. The summed E-state index contributed by atoms with van der Waals surface area (Å²) in [4.78, 5) is 3.91. The molecule has 0 saturated carbocycles. The van der Waals surface area contributed by atoms with Crippen molar-refractivity contribution < 1.29 is 4.74 Å². The molecule has 0 unspecified atom stereocenters. The number of nitrogens with one attached hydrogen (secondary N) is 1. The van der Waals surface area contributed by atoms with Crippen molar-refractivity contribution in [2.24, 2.45) is 0 Å². The van der Waals surface area contributed by atoms with Crippen LogP contribution in [-0.4, -0.2) is 30.8 Å². The van der Waals surface area contributed by atoms with Crippen LogP contribution in [0.15, 0.2) is 53.9 Å². The molecule has 2 aliphatic carbocycles. The van der Waals surface area contributed by atoms with Gasteiger partial charge >= 0.3 is 0 Å². The third-order valence-electron chi connectivity index (χ3n) is 2.87. The molecule has 0 saturated heterocycles. The quantitative estimate of drug-likeness (QED) is 0.901. The summed E-state index contributed by atoms with van der Waals surface area (Å²) in [5, 5.41) is 2.75. The number of ether oxygens (including phenoxy) is 1. The Hall–Kier alpha value is -1.81. The minimum Gasteiger partial charge on any atom is -0.496 e. The normalized spacial score (nSPS) is 14.6. The van der Waals surface area contributed by atoms with Crippen molar-refractivity contribution in [2.75, 3.05) is 21.2 Å². The maximum atomic E-state index is 5.10. The first-order chi connectivity index (χ1) is 9.62. The minimum absolute atomic E-state index is 0.539. The summed E-state index contributed by atoms with van der Waals surface area (Å²) >= 11 is 0. The van der Waals surface area contributed by atoms with Gasteiger partial charge in [0.25, 0.3) is 0 Å². The zero-order valence-electron chi connectivity index (χ0n) is 13.1. The van der Waals surface area contributed by atoms with Crippen molar-refractivity contribution in [1.29, 1.82) is 0 Å². The van der Waals surface area contributed by atoms with Crippen molar-refractivity contribution in [3.8, 4) is 0 Å². The van der Waals surface area contributed by atoms with Gasteiger partial charge in [-0.15, -0.1) is 0 Å². The highest BCUT2D eigenvalue weighted by Crippen LogP contribution is 2.33. The average Bonchev–Trinajstić information content (AvgIpc) is 3.17. The van der Waals surface area contributed by atoms with Crippen LogP contribution in [0.25, 0.3) is 0 Å². The lowest BCUT2D eigenvalue weighted by Crippen LogP contribution is -1.95. The van der Waals surface area contributed by atoms with E-state index in [1.54, 1.807) is 13.3 Å². The second kappa shape index (κ2) is 8.38. The molecular weight excluding hydrogens is 250 g/mol. The van der Waals surface area contributed by atoms with Crippen LogP contribution in [0.4, 0.5) is 0 Å². The molecule has 0 radical (unpaired) electrons. The van der Waals surface area contributed by atoms with Crippen LogP contribution in [0, 0.1) is 0 Å². The molecule has 0 amide bonds. The summed E-state index contributed by atoms with van der Waals surface area (Å²) in [6.07, 6.45) is 13.0. The van der Waals surface area contributed by atoms with Crippen LogP contribution in [0.3, 0.4) is 0 Å². The molecular formula is C16H25N3O. The van der Waals surface area contributed by atoms with E-state index in [4.69, 9.17) is 4.74 Å². The Morgan fingerprint density at radius 1 is 1.30 bits per heavy atom. The first kappa shape index (κ1) is 16.2. The number of hydrogen-bond acceptors (Lipinski definition) is 3. The molecule has 3 rings (SSSR count). The molecule has 20 heavy (non-hydrogen) atoms. The Balaban J connectivity index is 0.000000169. The van der Waals surface area contributed by atoms with Gasteiger partial charge in [0.1, 0.15) is 5.76 Å². The molecule has 4 heteroatoms. The van der Waals surface area contributed by atoms with E-state index in [0.717, 1.165) is 12.2 Å². The van der Waals surface area contributed by atoms with Gasteiger partial charge in [-0.25, -0.2) is 4.98 Å². The van der Waals surface area contributed by atoms with E-state index < -0.39 is 0 Å². The van der Waals surface area contributed by atoms with E-state index in [1.807, 2.05) is 26.6 Å². The number of nitrogens with zero attached hydrogens (tertiary/aromatic N) is 2. The highest BCUT2D eigenvalue weighted by molar-refractivity contribution is 5.52. The molecule has 0 aromatic carbocycles. The smallest absolute Gasteiger partial charge is 0.122 e. The van der Waals surface area contributed by atoms with Crippen LogP contribution >= 0.6 is 0 Å². The second-order valence-corrected chi connectivity index (χ2v) is 4.93. The fourth-order valence-corrected chi connectivity index (χ4v) is 1.84. The van der Waals surface area contributed by atoms with E-state index in [0.29, 0.717) is 6.04 Å². The Morgan fingerprint density at radius 3 is 2.25 bits per heavy atom. The highest BCUT2D eigenvalue weighted by Gasteiger charge is 2.17. The SMILES string of the molecule is CC(C)n1ccnc1.CNC.COC1=C2C=CC(=C1)C2. The maximum Gasteiger partial charge on any atom is 0.122 e. The Morgan fingerprint density at radius 2 is 2.00 bits per heavy atom. The standard InChI is InChI=1S/C8H8O.C6H10N2.C2H7N/c1-9-8-5-6-2-3-7(8)4-6;1-6(2)8-4-3-7-5-8;1-3-2/h2-3,5H,4H2,1H3;3-6H,1-2H3;3H,1-2H3. The van der Waals surface area contributed by atoms with E-state index in [-0.39, 0.29) is 0 Å². The maximum absolute atomic E-state index is 5.10. The summed E-state index contributed by atoms with van der Waals surface area (Å²) in [5.41, 5.74) is 2.70. The number of methoxy groups -OCH3 is 1. The van der Waals surface area contributed by atoms with Crippen LogP contribution in [0.5, 0.6) is 0 Å². The molecule has 0 fully saturated rings. The van der Waals surface area contributed by atoms with Gasteiger partial charge < -0.3 is 14.6 Å². The lowest BCUT2D eigenvalue weighted by molar-refractivity contribution is 0.305. The Kier molecular flexibility index (Phi) is 6.81. The lowest BCUT2D eigenvalue weighted by atomic mass is 10.3. The summed E-state index contributed by atoms with van der Waals surface area (Å²) in [7, 11) is 5.47. The van der Waals surface area contributed by atoms with Gasteiger partial charge in [0.05, 0.1) is 13.4 Å². The monoisotopic (exact) mass is 275 g/mol. The van der Waals surface area contributed by atoms with Gasteiger partial charge in [0.2, 0.25) is 0 Å². The van der Waals surface area contributed by atoms with Gasteiger partial charge in [-0.05, 0) is 45.2 Å². The van der Waals surface area contributed by atoms with Crippen molar-refractivity contribution in [3.63, 3.8) is 0 Å². The fourth-order valence-electron chi connectivity index (χ4n) is 1.84. The number of fused-ring (bicyclic) bond motifs is 2. The zero-order chi connectivity index (χ0) is 15.0. The number of rotatable bonds is 2. The topological polar surface area (TPSA) is 39.1 Å². The predicted octanol–water partition coefficient (Wildman–Crippen LogP) is 3.09. The molecule has 1 heterocycles. The molecule has 2 aliphatic rings. The van der Waals surface area contributed by atoms with Gasteiger partial charge in [-0.1, -0.05) is 12.2 Å². The highest BCUT2D eigenvalue weighted by atomic mass is 16.5. The molecule has 2 bridgehead atoms. The molecule has 110 valence electrons. The average molecular weight is 275 g/mol. The fraction of sp³-hybridized carbons (Fsp3) is 0.438. The van der Waals surface area contributed by atoms with Crippen molar-refractivity contribution in [3.05, 3.63) is 53.9 Å². The minimum atomic E-state index is 0.539. The summed E-state index contributed by atoms with van der Waals surface area (Å²) in [6, 6.07) is 0.539. The molecule has 0 atom stereocenters. The molecule has 4 nitrogen and oxygen atoms in total. The van der Waals surface area contributed by atoms with E-state index >= 15 is 0 Å². The largest absolute Gasteiger partial charge is 0.496 e. The van der Waals surface area contributed by atoms with E-state index in [1.165, 1.54) is 11.1 Å².